The molecule has 6 nitrogen and oxygen atoms in total. The zero-order valence-electron chi connectivity index (χ0n) is 14.0. The van der Waals surface area contributed by atoms with Crippen LogP contribution in [0.5, 0.6) is 0 Å². The van der Waals surface area contributed by atoms with Crippen molar-refractivity contribution in [1.29, 1.82) is 5.41 Å². The smallest absolute Gasteiger partial charge is 0.222 e. The van der Waals surface area contributed by atoms with E-state index in [4.69, 9.17) is 16.9 Å². The SMILES string of the molecule is Cc1cc(N2CCCCCC2c2cccc(N)c2C=N)nc(N)n1. The minimum atomic E-state index is 0.140. The lowest BCUT2D eigenvalue weighted by Gasteiger charge is -2.32. The molecule has 1 aromatic carbocycles. The number of rotatable bonds is 3. The molecule has 2 heterocycles. The van der Waals surface area contributed by atoms with Gasteiger partial charge in [-0.1, -0.05) is 25.0 Å². The first kappa shape index (κ1) is 16.2. The van der Waals surface area contributed by atoms with Crippen LogP contribution in [0.1, 0.15) is 48.5 Å². The van der Waals surface area contributed by atoms with Gasteiger partial charge in [-0.3, -0.25) is 0 Å². The Labute approximate surface area is 142 Å². The van der Waals surface area contributed by atoms with Crippen molar-refractivity contribution in [1.82, 2.24) is 9.97 Å². The molecule has 3 rings (SSSR count). The van der Waals surface area contributed by atoms with Crippen LogP contribution in [0.2, 0.25) is 0 Å². The summed E-state index contributed by atoms with van der Waals surface area (Å²) < 4.78 is 0. The molecule has 0 spiro atoms. The third kappa shape index (κ3) is 3.18. The average Bonchev–Trinajstić information content (AvgIpc) is 2.79. The number of nitrogens with one attached hydrogen (secondary N) is 1. The van der Waals surface area contributed by atoms with E-state index in [1.165, 1.54) is 12.6 Å². The third-order valence-electron chi connectivity index (χ3n) is 4.58. The molecule has 1 aliphatic heterocycles. The molecule has 6 heteroatoms. The lowest BCUT2D eigenvalue weighted by molar-refractivity contribution is 0.596. The molecule has 1 atom stereocenters. The van der Waals surface area contributed by atoms with Crippen LogP contribution >= 0.6 is 0 Å². The maximum absolute atomic E-state index is 7.77. The van der Waals surface area contributed by atoms with Gasteiger partial charge in [-0.2, -0.15) is 4.98 Å². The number of hydrogen-bond donors (Lipinski definition) is 3. The highest BCUT2D eigenvalue weighted by molar-refractivity contribution is 5.87. The highest BCUT2D eigenvalue weighted by Gasteiger charge is 2.26. The zero-order chi connectivity index (χ0) is 17.1. The number of aryl methyl sites for hydroxylation is 1. The van der Waals surface area contributed by atoms with Gasteiger partial charge in [-0.25, -0.2) is 4.98 Å². The van der Waals surface area contributed by atoms with Gasteiger partial charge in [-0.15, -0.1) is 0 Å². The molecule has 126 valence electrons. The molecule has 0 aliphatic carbocycles. The van der Waals surface area contributed by atoms with E-state index in [-0.39, 0.29) is 6.04 Å². The molecular formula is C18H24N6. The molecule has 1 fully saturated rings. The van der Waals surface area contributed by atoms with Gasteiger partial charge in [0.15, 0.2) is 0 Å². The van der Waals surface area contributed by atoms with Crippen LogP contribution in [0.3, 0.4) is 0 Å². The summed E-state index contributed by atoms with van der Waals surface area (Å²) in [5.74, 6) is 1.15. The molecule has 0 amide bonds. The van der Waals surface area contributed by atoms with E-state index in [0.29, 0.717) is 11.6 Å². The standard InChI is InChI=1S/C18H24N6/c1-12-10-17(23-18(21)22-12)24-9-4-2-3-8-16(24)13-6-5-7-15(20)14(13)11-19/h5-7,10-11,16,19H,2-4,8-9,20H2,1H3,(H2,21,22,23). The van der Waals surface area contributed by atoms with Crippen LogP contribution in [-0.2, 0) is 0 Å². The van der Waals surface area contributed by atoms with Gasteiger partial charge in [0.25, 0.3) is 0 Å². The largest absolute Gasteiger partial charge is 0.398 e. The van der Waals surface area contributed by atoms with Gasteiger partial charge in [0.1, 0.15) is 5.82 Å². The van der Waals surface area contributed by atoms with Crippen LogP contribution in [0.15, 0.2) is 24.3 Å². The number of aromatic nitrogens is 2. The summed E-state index contributed by atoms with van der Waals surface area (Å²) in [7, 11) is 0. The molecule has 2 aromatic rings. The Morgan fingerprint density at radius 3 is 2.79 bits per heavy atom. The number of nitrogens with zero attached hydrogens (tertiary/aromatic N) is 3. The zero-order valence-corrected chi connectivity index (χ0v) is 14.0. The Morgan fingerprint density at radius 2 is 2.04 bits per heavy atom. The summed E-state index contributed by atoms with van der Waals surface area (Å²) >= 11 is 0. The first-order valence-electron chi connectivity index (χ1n) is 8.37. The van der Waals surface area contributed by atoms with Gasteiger partial charge in [0.2, 0.25) is 5.95 Å². The van der Waals surface area contributed by atoms with Gasteiger partial charge in [0.05, 0.1) is 6.04 Å². The van der Waals surface area contributed by atoms with Crippen molar-refractivity contribution in [2.75, 3.05) is 22.9 Å². The summed E-state index contributed by atoms with van der Waals surface area (Å²) in [5, 5.41) is 7.77. The van der Waals surface area contributed by atoms with Crippen molar-refractivity contribution in [3.05, 3.63) is 41.1 Å². The molecule has 5 N–H and O–H groups in total. The van der Waals surface area contributed by atoms with Gasteiger partial charge < -0.3 is 21.8 Å². The Morgan fingerprint density at radius 1 is 1.21 bits per heavy atom. The Balaban J connectivity index is 2.09. The molecule has 1 saturated heterocycles. The highest BCUT2D eigenvalue weighted by atomic mass is 15.2. The average molecular weight is 324 g/mol. The van der Waals surface area contributed by atoms with E-state index >= 15 is 0 Å². The van der Waals surface area contributed by atoms with Crippen molar-refractivity contribution in [2.45, 2.75) is 38.6 Å². The number of nitrogens with two attached hydrogens (primary N) is 2. The van der Waals surface area contributed by atoms with Crippen molar-refractivity contribution in [2.24, 2.45) is 0 Å². The predicted molar refractivity (Wildman–Crippen MR) is 98.5 cm³/mol. The van der Waals surface area contributed by atoms with Gasteiger partial charge in [-0.05, 0) is 31.4 Å². The summed E-state index contributed by atoms with van der Waals surface area (Å²) in [6, 6.07) is 7.99. The second kappa shape index (κ2) is 6.86. The fourth-order valence-electron chi connectivity index (χ4n) is 3.49. The molecule has 24 heavy (non-hydrogen) atoms. The Bertz CT molecular complexity index is 722. The molecule has 1 aromatic heterocycles. The van der Waals surface area contributed by atoms with Crippen LogP contribution in [0, 0.1) is 12.3 Å². The Kier molecular flexibility index (Phi) is 4.64. The summed E-state index contributed by atoms with van der Waals surface area (Å²) in [6.45, 7) is 2.84. The number of anilines is 3. The quantitative estimate of drug-likeness (QED) is 0.594. The molecule has 0 saturated carbocycles. The second-order valence-electron chi connectivity index (χ2n) is 6.28. The summed E-state index contributed by atoms with van der Waals surface area (Å²) in [6.07, 6.45) is 5.81. The summed E-state index contributed by atoms with van der Waals surface area (Å²) in [4.78, 5) is 10.9. The molecule has 0 radical (unpaired) electrons. The van der Waals surface area contributed by atoms with Crippen molar-refractivity contribution in [3.63, 3.8) is 0 Å². The van der Waals surface area contributed by atoms with Crippen LogP contribution in [0.25, 0.3) is 0 Å². The van der Waals surface area contributed by atoms with Crippen LogP contribution < -0.4 is 16.4 Å². The van der Waals surface area contributed by atoms with E-state index in [1.54, 1.807) is 0 Å². The maximum atomic E-state index is 7.77. The second-order valence-corrected chi connectivity index (χ2v) is 6.28. The monoisotopic (exact) mass is 324 g/mol. The number of nitrogen functional groups attached to an aromatic ring is 2. The molecule has 0 bridgehead atoms. The molecular weight excluding hydrogens is 300 g/mol. The number of hydrogen-bond acceptors (Lipinski definition) is 6. The van der Waals surface area contributed by atoms with E-state index in [2.05, 4.69) is 20.9 Å². The lowest BCUT2D eigenvalue weighted by Crippen LogP contribution is -2.30. The lowest BCUT2D eigenvalue weighted by atomic mass is 9.95. The summed E-state index contributed by atoms with van der Waals surface area (Å²) in [5.41, 5.74) is 15.3. The Hall–Kier alpha value is -2.63. The first-order chi connectivity index (χ1) is 11.6. The fourth-order valence-corrected chi connectivity index (χ4v) is 3.49. The fraction of sp³-hybridized carbons (Fsp3) is 0.389. The van der Waals surface area contributed by atoms with Gasteiger partial charge >= 0.3 is 0 Å². The normalized spacial score (nSPS) is 18.2. The highest BCUT2D eigenvalue weighted by Crippen LogP contribution is 2.36. The van der Waals surface area contributed by atoms with Crippen molar-refractivity contribution < 1.29 is 0 Å². The van der Waals surface area contributed by atoms with E-state index in [9.17, 15) is 0 Å². The van der Waals surface area contributed by atoms with Crippen LogP contribution in [0.4, 0.5) is 17.5 Å². The minimum absolute atomic E-state index is 0.140. The predicted octanol–water partition coefficient (Wildman–Crippen LogP) is 3.07. The van der Waals surface area contributed by atoms with Crippen LogP contribution in [-0.4, -0.2) is 22.7 Å². The van der Waals surface area contributed by atoms with Crippen molar-refractivity contribution in [3.8, 4) is 0 Å². The minimum Gasteiger partial charge on any atom is -0.398 e. The van der Waals surface area contributed by atoms with E-state index in [0.717, 1.165) is 48.4 Å². The van der Waals surface area contributed by atoms with E-state index < -0.39 is 0 Å². The number of benzene rings is 1. The van der Waals surface area contributed by atoms with Gasteiger partial charge in [0, 0.05) is 35.8 Å². The third-order valence-corrected chi connectivity index (χ3v) is 4.58. The first-order valence-corrected chi connectivity index (χ1v) is 8.37. The maximum Gasteiger partial charge on any atom is 0.222 e. The molecule has 1 unspecified atom stereocenters. The van der Waals surface area contributed by atoms with E-state index in [1.807, 2.05) is 25.1 Å². The topological polar surface area (TPSA) is 105 Å². The molecule has 1 aliphatic rings. The van der Waals surface area contributed by atoms with Crippen molar-refractivity contribution >= 4 is 23.7 Å².